The van der Waals surface area contributed by atoms with Crippen molar-refractivity contribution in [2.45, 2.75) is 58.7 Å². The molecule has 7 heteroatoms. The van der Waals surface area contributed by atoms with Crippen LogP contribution in [0.3, 0.4) is 0 Å². The van der Waals surface area contributed by atoms with Crippen molar-refractivity contribution in [2.75, 3.05) is 46.5 Å². The van der Waals surface area contributed by atoms with Crippen LogP contribution in [0, 0.1) is 0 Å². The molecule has 7 nitrogen and oxygen atoms in total. The zero-order chi connectivity index (χ0) is 18.7. The maximum absolute atomic E-state index is 11.9. The van der Waals surface area contributed by atoms with E-state index in [0.717, 1.165) is 58.1 Å². The van der Waals surface area contributed by atoms with Crippen LogP contribution in [0.1, 0.15) is 47.0 Å². The Morgan fingerprint density at radius 3 is 2.48 bits per heavy atom. The van der Waals surface area contributed by atoms with Crippen LogP contribution < -0.4 is 5.32 Å². The second-order valence-corrected chi connectivity index (χ2v) is 7.16. The Labute approximate surface area is 152 Å². The zero-order valence-corrected chi connectivity index (χ0v) is 16.5. The third-order valence-electron chi connectivity index (χ3n) is 3.70. The maximum Gasteiger partial charge on any atom is 0.328 e. The molecule has 1 heterocycles. The number of likely N-dealkylation sites (tertiary alicyclic amines) is 1. The van der Waals surface area contributed by atoms with Crippen molar-refractivity contribution in [3.05, 3.63) is 0 Å². The van der Waals surface area contributed by atoms with Crippen LogP contribution in [0.2, 0.25) is 0 Å². The van der Waals surface area contributed by atoms with E-state index in [4.69, 9.17) is 14.2 Å². The first-order valence-corrected chi connectivity index (χ1v) is 9.21. The van der Waals surface area contributed by atoms with Crippen molar-refractivity contribution in [1.82, 2.24) is 10.2 Å². The van der Waals surface area contributed by atoms with Gasteiger partial charge >= 0.3 is 5.97 Å². The molecule has 25 heavy (non-hydrogen) atoms. The Balaban J connectivity index is 2.44. The van der Waals surface area contributed by atoms with Crippen molar-refractivity contribution in [3.63, 3.8) is 0 Å². The normalized spacial score (nSPS) is 16.8. The third kappa shape index (κ3) is 9.65. The van der Waals surface area contributed by atoms with Gasteiger partial charge in [0.05, 0.1) is 6.10 Å². The summed E-state index contributed by atoms with van der Waals surface area (Å²) >= 11 is 0. The lowest BCUT2D eigenvalue weighted by atomic mass is 10.1. The molecule has 1 rings (SSSR count). The first-order chi connectivity index (χ1) is 11.9. The van der Waals surface area contributed by atoms with Gasteiger partial charge in [0.2, 0.25) is 0 Å². The molecule has 0 aromatic heterocycles. The fraction of sp³-hybridized carbons (Fsp3) is 0.889. The zero-order valence-electron chi connectivity index (χ0n) is 16.5. The molecule has 0 radical (unpaired) electrons. The number of hydrogen-bond acceptors (Lipinski definition) is 5. The summed E-state index contributed by atoms with van der Waals surface area (Å²) in [6.07, 6.45) is 3.14. The molecule has 0 saturated carbocycles. The van der Waals surface area contributed by atoms with Crippen LogP contribution in [0.5, 0.6) is 0 Å². The summed E-state index contributed by atoms with van der Waals surface area (Å²) in [7, 11) is 1.71. The molecule has 0 aromatic rings. The highest BCUT2D eigenvalue weighted by atomic mass is 16.6. The molecule has 0 aromatic carbocycles. The molecule has 146 valence electrons. The Bertz CT molecular complexity index is 413. The van der Waals surface area contributed by atoms with E-state index >= 15 is 0 Å². The van der Waals surface area contributed by atoms with Crippen LogP contribution in [0.15, 0.2) is 4.99 Å². The van der Waals surface area contributed by atoms with Gasteiger partial charge in [-0.15, -0.1) is 0 Å². The summed E-state index contributed by atoms with van der Waals surface area (Å²) in [4.78, 5) is 18.5. The fourth-order valence-electron chi connectivity index (χ4n) is 2.63. The van der Waals surface area contributed by atoms with E-state index in [9.17, 15) is 4.79 Å². The van der Waals surface area contributed by atoms with Crippen LogP contribution in [0.4, 0.5) is 0 Å². The number of methoxy groups -OCH3 is 1. The number of hydrogen-bond donors (Lipinski definition) is 1. The highest BCUT2D eigenvalue weighted by Gasteiger charge is 2.22. The van der Waals surface area contributed by atoms with Crippen molar-refractivity contribution < 1.29 is 19.0 Å². The van der Waals surface area contributed by atoms with Gasteiger partial charge in [0.15, 0.2) is 5.96 Å². The Kier molecular flexibility index (Phi) is 9.82. The molecule has 0 atom stereocenters. The number of ether oxygens (including phenoxy) is 3. The van der Waals surface area contributed by atoms with Gasteiger partial charge < -0.3 is 24.4 Å². The standard InChI is InChI=1S/C18H35N3O4/c1-6-19-17(20-14-16(22)25-18(2,3)4)21-10-8-15(9-11-21)24-13-7-12-23-5/h15H,6-14H2,1-5H3,(H,19,20). The largest absolute Gasteiger partial charge is 0.459 e. The number of nitrogens with one attached hydrogen (secondary N) is 1. The minimum atomic E-state index is -0.483. The molecular weight excluding hydrogens is 322 g/mol. The van der Waals surface area contributed by atoms with Crippen LogP contribution >= 0.6 is 0 Å². The third-order valence-corrected chi connectivity index (χ3v) is 3.70. The van der Waals surface area contributed by atoms with E-state index < -0.39 is 5.60 Å². The summed E-state index contributed by atoms with van der Waals surface area (Å²) < 4.78 is 16.2. The van der Waals surface area contributed by atoms with Gasteiger partial charge in [-0.1, -0.05) is 0 Å². The van der Waals surface area contributed by atoms with Crippen molar-refractivity contribution in [2.24, 2.45) is 4.99 Å². The smallest absolute Gasteiger partial charge is 0.328 e. The summed E-state index contributed by atoms with van der Waals surface area (Å²) in [5, 5.41) is 3.26. The number of nitrogens with zero attached hydrogens (tertiary/aromatic N) is 2. The molecule has 0 spiro atoms. The highest BCUT2D eigenvalue weighted by molar-refractivity contribution is 5.83. The van der Waals surface area contributed by atoms with Crippen LogP contribution in [0.25, 0.3) is 0 Å². The molecule has 1 fully saturated rings. The molecule has 1 aliphatic heterocycles. The molecule has 1 saturated heterocycles. The summed E-state index contributed by atoms with van der Waals surface area (Å²) in [5.41, 5.74) is -0.483. The lowest BCUT2D eigenvalue weighted by Gasteiger charge is -2.34. The Hall–Kier alpha value is -1.34. The molecule has 0 unspecified atom stereocenters. The van der Waals surface area contributed by atoms with Gasteiger partial charge in [0.25, 0.3) is 0 Å². The molecule has 1 N–H and O–H groups in total. The summed E-state index contributed by atoms with van der Waals surface area (Å²) in [6.45, 7) is 11.6. The lowest BCUT2D eigenvalue weighted by molar-refractivity contribution is -0.152. The van der Waals surface area contributed by atoms with Gasteiger partial charge in [-0.05, 0) is 47.0 Å². The van der Waals surface area contributed by atoms with E-state index in [1.807, 2.05) is 27.7 Å². The topological polar surface area (TPSA) is 72.4 Å². The van der Waals surface area contributed by atoms with Crippen molar-refractivity contribution in [3.8, 4) is 0 Å². The number of guanidine groups is 1. The predicted molar refractivity (Wildman–Crippen MR) is 98.9 cm³/mol. The predicted octanol–water partition coefficient (Wildman–Crippen LogP) is 1.81. The lowest BCUT2D eigenvalue weighted by Crippen LogP contribution is -2.47. The van der Waals surface area contributed by atoms with Gasteiger partial charge in [-0.3, -0.25) is 4.79 Å². The number of rotatable bonds is 8. The molecule has 0 amide bonds. The molecular formula is C18H35N3O4. The number of piperidine rings is 1. The highest BCUT2D eigenvalue weighted by Crippen LogP contribution is 2.14. The quantitative estimate of drug-likeness (QED) is 0.309. The Morgan fingerprint density at radius 1 is 1.24 bits per heavy atom. The monoisotopic (exact) mass is 357 g/mol. The average Bonchev–Trinajstić information content (AvgIpc) is 2.54. The number of carbonyl (C=O) groups excluding carboxylic acids is 1. The van der Waals surface area contributed by atoms with Crippen molar-refractivity contribution in [1.29, 1.82) is 0 Å². The van der Waals surface area contributed by atoms with E-state index in [0.29, 0.717) is 6.10 Å². The molecule has 1 aliphatic rings. The second-order valence-electron chi connectivity index (χ2n) is 7.16. The first kappa shape index (κ1) is 21.7. The summed E-state index contributed by atoms with van der Waals surface area (Å²) in [5.74, 6) is 0.463. The van der Waals surface area contributed by atoms with E-state index in [-0.39, 0.29) is 12.5 Å². The number of aliphatic imine (C=N–C) groups is 1. The van der Waals surface area contributed by atoms with E-state index in [1.165, 1.54) is 0 Å². The van der Waals surface area contributed by atoms with Gasteiger partial charge in [0, 0.05) is 40.0 Å². The fourth-order valence-corrected chi connectivity index (χ4v) is 2.63. The second kappa shape index (κ2) is 11.3. The Morgan fingerprint density at radius 2 is 1.92 bits per heavy atom. The minimum absolute atomic E-state index is 0.0348. The van der Waals surface area contributed by atoms with Gasteiger partial charge in [-0.2, -0.15) is 0 Å². The molecule has 0 aliphatic carbocycles. The minimum Gasteiger partial charge on any atom is -0.459 e. The van der Waals surface area contributed by atoms with Gasteiger partial charge in [0.1, 0.15) is 12.1 Å². The molecule has 0 bridgehead atoms. The van der Waals surface area contributed by atoms with E-state index in [2.05, 4.69) is 15.2 Å². The number of esters is 1. The maximum atomic E-state index is 11.9. The van der Waals surface area contributed by atoms with E-state index in [1.54, 1.807) is 7.11 Å². The number of carbonyl (C=O) groups is 1. The van der Waals surface area contributed by atoms with Crippen LogP contribution in [-0.2, 0) is 19.0 Å². The van der Waals surface area contributed by atoms with Crippen molar-refractivity contribution >= 4 is 11.9 Å². The SMILES string of the molecule is CCNC(=NCC(=O)OC(C)(C)C)N1CCC(OCCCOC)CC1. The van der Waals surface area contributed by atoms with Crippen LogP contribution in [-0.4, -0.2) is 75.0 Å². The summed E-state index contributed by atoms with van der Waals surface area (Å²) in [6, 6.07) is 0. The van der Waals surface area contributed by atoms with Gasteiger partial charge in [-0.25, -0.2) is 4.99 Å². The average molecular weight is 357 g/mol. The first-order valence-electron chi connectivity index (χ1n) is 9.21.